The second-order valence-corrected chi connectivity index (χ2v) is 10.3. The van der Waals surface area contributed by atoms with Gasteiger partial charge in [0, 0.05) is 27.3 Å². The van der Waals surface area contributed by atoms with E-state index in [1.165, 1.54) is 0 Å². The molecule has 5 nitrogen and oxygen atoms in total. The summed E-state index contributed by atoms with van der Waals surface area (Å²) in [5.41, 5.74) is 6.04. The molecule has 1 aliphatic rings. The van der Waals surface area contributed by atoms with E-state index in [0.29, 0.717) is 26.9 Å². The molecule has 2 aromatic carbocycles. The number of hydrogen-bond donors (Lipinski definition) is 0. The molecule has 1 aromatic heterocycles. The lowest BCUT2D eigenvalue weighted by Crippen LogP contribution is -2.30. The lowest BCUT2D eigenvalue weighted by molar-refractivity contribution is 0.0993. The van der Waals surface area contributed by atoms with E-state index in [1.54, 1.807) is 36.3 Å². The number of nitriles is 1. The number of fused-ring (bicyclic) bond motifs is 1. The molecule has 3 aromatic rings. The van der Waals surface area contributed by atoms with Crippen LogP contribution in [-0.2, 0) is 0 Å². The molecule has 2 heterocycles. The van der Waals surface area contributed by atoms with Crippen LogP contribution in [0.3, 0.4) is 0 Å². The van der Waals surface area contributed by atoms with Crippen LogP contribution in [0, 0.1) is 18.3 Å². The molecule has 0 saturated carbocycles. The van der Waals surface area contributed by atoms with Gasteiger partial charge in [0.05, 0.1) is 35.7 Å². The molecule has 0 bridgehead atoms. The van der Waals surface area contributed by atoms with Crippen molar-refractivity contribution in [2.24, 2.45) is 0 Å². The summed E-state index contributed by atoms with van der Waals surface area (Å²) in [6.45, 7) is 11.8. The van der Waals surface area contributed by atoms with Gasteiger partial charge < -0.3 is 9.30 Å². The van der Waals surface area contributed by atoms with Gasteiger partial charge in [-0.2, -0.15) is 5.26 Å². The Labute approximate surface area is 233 Å². The van der Waals surface area contributed by atoms with Crippen LogP contribution in [0.25, 0.3) is 11.3 Å². The number of methoxy groups -OCH3 is 1. The summed E-state index contributed by atoms with van der Waals surface area (Å²) in [6.07, 6.45) is 5.60. The SMILES string of the molecule is C=C(Cl)/C=C\C(=C/C)C1c2c(cc(-c3cc(C#N)ccc3OC)n2C(C)C)C(=O)N1c1cc(Cl)ccc1C. The van der Waals surface area contributed by atoms with Gasteiger partial charge in [0.1, 0.15) is 11.8 Å². The number of ether oxygens (including phenoxy) is 1. The molecule has 1 aliphatic heterocycles. The molecule has 0 aliphatic carbocycles. The maximum atomic E-state index is 14.2. The van der Waals surface area contributed by atoms with E-state index in [4.69, 9.17) is 27.9 Å². The molecule has 0 saturated heterocycles. The molecule has 38 heavy (non-hydrogen) atoms. The quantitative estimate of drug-likeness (QED) is 0.279. The molecule has 4 rings (SSSR count). The van der Waals surface area contributed by atoms with Crippen LogP contribution in [0.1, 0.15) is 60.0 Å². The van der Waals surface area contributed by atoms with Crippen molar-refractivity contribution in [3.63, 3.8) is 0 Å². The smallest absolute Gasteiger partial charge is 0.261 e. The fourth-order valence-corrected chi connectivity index (χ4v) is 5.26. The van der Waals surface area contributed by atoms with Crippen molar-refractivity contribution in [3.8, 4) is 23.1 Å². The maximum Gasteiger partial charge on any atom is 0.261 e. The Morgan fingerprint density at radius 3 is 2.50 bits per heavy atom. The molecule has 1 unspecified atom stereocenters. The number of hydrogen-bond acceptors (Lipinski definition) is 3. The van der Waals surface area contributed by atoms with Gasteiger partial charge in [0.25, 0.3) is 5.91 Å². The Balaban J connectivity index is 2.06. The molecule has 0 radical (unpaired) electrons. The Morgan fingerprint density at radius 1 is 1.16 bits per heavy atom. The molecule has 1 atom stereocenters. The summed E-state index contributed by atoms with van der Waals surface area (Å²) in [6, 6.07) is 14.5. The highest BCUT2D eigenvalue weighted by atomic mass is 35.5. The molecule has 0 fully saturated rings. The lowest BCUT2D eigenvalue weighted by atomic mass is 10.0. The predicted octanol–water partition coefficient (Wildman–Crippen LogP) is 8.53. The Morgan fingerprint density at radius 2 is 1.89 bits per heavy atom. The lowest BCUT2D eigenvalue weighted by Gasteiger charge is -2.31. The highest BCUT2D eigenvalue weighted by molar-refractivity contribution is 6.31. The van der Waals surface area contributed by atoms with Crippen molar-refractivity contribution in [2.75, 3.05) is 12.0 Å². The van der Waals surface area contributed by atoms with E-state index in [2.05, 4.69) is 31.1 Å². The number of halogens is 2. The first kappa shape index (κ1) is 27.3. The maximum absolute atomic E-state index is 14.2. The van der Waals surface area contributed by atoms with Crippen LogP contribution < -0.4 is 9.64 Å². The second kappa shape index (κ2) is 10.9. The molecule has 1 amide bonds. The molecule has 0 spiro atoms. The van der Waals surface area contributed by atoms with Crippen LogP contribution in [0.15, 0.2) is 77.9 Å². The van der Waals surface area contributed by atoms with E-state index in [1.807, 2.05) is 50.3 Å². The number of benzene rings is 2. The van der Waals surface area contributed by atoms with Crippen molar-refractivity contribution in [2.45, 2.75) is 39.8 Å². The van der Waals surface area contributed by atoms with E-state index >= 15 is 0 Å². The molecular weight excluding hydrogens is 517 g/mol. The number of aryl methyl sites for hydroxylation is 1. The number of nitrogens with zero attached hydrogens (tertiary/aromatic N) is 3. The minimum absolute atomic E-state index is 0.00927. The second-order valence-electron chi connectivity index (χ2n) is 9.40. The number of carbonyl (C=O) groups excluding carboxylic acids is 1. The first-order chi connectivity index (χ1) is 18.1. The number of aromatic nitrogens is 1. The normalized spacial score (nSPS) is 15.3. The third-order valence-electron chi connectivity index (χ3n) is 6.70. The van der Waals surface area contributed by atoms with Crippen molar-refractivity contribution in [1.82, 2.24) is 4.57 Å². The van der Waals surface area contributed by atoms with Crippen molar-refractivity contribution < 1.29 is 9.53 Å². The van der Waals surface area contributed by atoms with Crippen LogP contribution in [-0.4, -0.2) is 17.6 Å². The number of carbonyl (C=O) groups is 1. The third kappa shape index (κ3) is 4.78. The zero-order valence-corrected chi connectivity index (χ0v) is 23.6. The zero-order valence-electron chi connectivity index (χ0n) is 22.0. The standard InChI is InChI=1S/C31H29Cl2N3O2/c1-7-22(11-9-20(5)32)29-30-25(31(37)36(29)26-15-23(33)12-8-19(26)4)16-27(35(30)18(2)3)24-14-21(17-34)10-13-28(24)38-6/h7-16,18,29H,5H2,1-4,6H3/b11-9-,22-7+. The summed E-state index contributed by atoms with van der Waals surface area (Å²) in [4.78, 5) is 16.0. The fraction of sp³-hybridized carbons (Fsp3) is 0.226. The van der Waals surface area contributed by atoms with E-state index in [0.717, 1.165) is 33.8 Å². The minimum Gasteiger partial charge on any atom is -0.496 e. The number of amides is 1. The first-order valence-corrected chi connectivity index (χ1v) is 13.0. The average Bonchev–Trinajstić information content (AvgIpc) is 3.41. The monoisotopic (exact) mass is 545 g/mol. The third-order valence-corrected chi connectivity index (χ3v) is 7.06. The van der Waals surface area contributed by atoms with Gasteiger partial charge >= 0.3 is 0 Å². The Hall–Kier alpha value is -3.72. The minimum atomic E-state index is -0.451. The van der Waals surface area contributed by atoms with Gasteiger partial charge in [0.15, 0.2) is 0 Å². The molecule has 0 N–H and O–H groups in total. The number of allylic oxidation sites excluding steroid dienone is 3. The molecule has 194 valence electrons. The summed E-state index contributed by atoms with van der Waals surface area (Å²) in [5, 5.41) is 10.5. The van der Waals surface area contributed by atoms with E-state index in [9.17, 15) is 10.1 Å². The van der Waals surface area contributed by atoms with Gasteiger partial charge in [-0.3, -0.25) is 9.69 Å². The van der Waals surface area contributed by atoms with Crippen molar-refractivity contribution >= 4 is 34.8 Å². The highest BCUT2D eigenvalue weighted by Crippen LogP contribution is 2.48. The predicted molar refractivity (Wildman–Crippen MR) is 155 cm³/mol. The van der Waals surface area contributed by atoms with Crippen LogP contribution >= 0.6 is 23.2 Å². The Kier molecular flexibility index (Phi) is 7.87. The van der Waals surface area contributed by atoms with Gasteiger partial charge in [-0.15, -0.1) is 0 Å². The molecular formula is C31H29Cl2N3O2. The summed E-state index contributed by atoms with van der Waals surface area (Å²) >= 11 is 12.5. The van der Waals surface area contributed by atoms with Crippen molar-refractivity contribution in [1.29, 1.82) is 5.26 Å². The van der Waals surface area contributed by atoms with Crippen LogP contribution in [0.2, 0.25) is 5.02 Å². The van der Waals surface area contributed by atoms with Gasteiger partial charge in [-0.1, -0.05) is 48.0 Å². The largest absolute Gasteiger partial charge is 0.496 e. The number of rotatable bonds is 7. The van der Waals surface area contributed by atoms with Crippen LogP contribution in [0.4, 0.5) is 5.69 Å². The molecule has 7 heteroatoms. The topological polar surface area (TPSA) is 58.3 Å². The highest BCUT2D eigenvalue weighted by Gasteiger charge is 2.44. The van der Waals surface area contributed by atoms with Gasteiger partial charge in [0.2, 0.25) is 0 Å². The van der Waals surface area contributed by atoms with E-state index in [-0.39, 0.29) is 11.9 Å². The zero-order chi connectivity index (χ0) is 27.7. The van der Waals surface area contributed by atoms with E-state index < -0.39 is 6.04 Å². The van der Waals surface area contributed by atoms with Crippen molar-refractivity contribution in [3.05, 3.63) is 105 Å². The van der Waals surface area contributed by atoms with Crippen LogP contribution in [0.5, 0.6) is 5.75 Å². The summed E-state index contributed by atoms with van der Waals surface area (Å²) in [7, 11) is 1.60. The summed E-state index contributed by atoms with van der Waals surface area (Å²) in [5.74, 6) is 0.488. The van der Waals surface area contributed by atoms with Gasteiger partial charge in [-0.05, 0) is 81.3 Å². The Bertz CT molecular complexity index is 1540. The average molecular weight is 546 g/mol. The van der Waals surface area contributed by atoms with Gasteiger partial charge in [-0.25, -0.2) is 0 Å². The first-order valence-electron chi connectivity index (χ1n) is 12.2. The number of anilines is 1. The fourth-order valence-electron chi connectivity index (χ4n) is 5.03. The summed E-state index contributed by atoms with van der Waals surface area (Å²) < 4.78 is 7.82.